The second-order valence-electron chi connectivity index (χ2n) is 3.83. The highest BCUT2D eigenvalue weighted by Crippen LogP contribution is 2.28. The van der Waals surface area contributed by atoms with E-state index in [1.54, 1.807) is 37.4 Å². The van der Waals surface area contributed by atoms with E-state index in [4.69, 9.17) is 34.3 Å². The van der Waals surface area contributed by atoms with Crippen LogP contribution in [0.4, 0.5) is 0 Å². The number of ether oxygens (including phenoxy) is 1. The lowest BCUT2D eigenvalue weighted by Gasteiger charge is -2.07. The molecule has 19 heavy (non-hydrogen) atoms. The molecule has 1 aromatic heterocycles. The summed E-state index contributed by atoms with van der Waals surface area (Å²) in [5.74, 6) is 0.576. The van der Waals surface area contributed by atoms with Crippen LogP contribution in [0.15, 0.2) is 35.1 Å². The number of hydrogen-bond donors (Lipinski definition) is 2. The molecular formula is C13H11ClN2O2S. The van der Waals surface area contributed by atoms with Crippen LogP contribution in [-0.4, -0.2) is 17.1 Å². The number of thiocarbonyl (C=S) groups is 1. The van der Waals surface area contributed by atoms with E-state index in [0.717, 1.165) is 5.56 Å². The van der Waals surface area contributed by atoms with Gasteiger partial charge < -0.3 is 15.5 Å². The molecule has 2 rings (SSSR count). The minimum Gasteiger partial charge on any atom is -0.495 e. The molecule has 0 atom stereocenters. The van der Waals surface area contributed by atoms with E-state index in [-0.39, 0.29) is 10.5 Å². The van der Waals surface area contributed by atoms with Crippen molar-refractivity contribution in [1.82, 2.24) is 4.98 Å². The molecule has 0 amide bonds. The van der Waals surface area contributed by atoms with E-state index in [9.17, 15) is 4.79 Å². The van der Waals surface area contributed by atoms with E-state index >= 15 is 0 Å². The minimum atomic E-state index is -0.322. The van der Waals surface area contributed by atoms with Gasteiger partial charge in [0.1, 0.15) is 10.7 Å². The highest BCUT2D eigenvalue weighted by Gasteiger charge is 2.07. The lowest BCUT2D eigenvalue weighted by atomic mass is 10.1. The molecule has 0 spiro atoms. The number of nitrogens with one attached hydrogen (secondary N) is 1. The molecule has 0 bridgehead atoms. The van der Waals surface area contributed by atoms with E-state index < -0.39 is 0 Å². The van der Waals surface area contributed by atoms with E-state index in [1.807, 2.05) is 0 Å². The number of pyridine rings is 1. The molecule has 6 heteroatoms. The summed E-state index contributed by atoms with van der Waals surface area (Å²) in [7, 11) is 1.54. The van der Waals surface area contributed by atoms with Crippen molar-refractivity contribution in [2.75, 3.05) is 7.11 Å². The fourth-order valence-corrected chi connectivity index (χ4v) is 2.09. The molecule has 0 aliphatic rings. The van der Waals surface area contributed by atoms with E-state index in [1.165, 1.54) is 0 Å². The topological polar surface area (TPSA) is 68.1 Å². The Morgan fingerprint density at radius 2 is 2.11 bits per heavy atom. The number of rotatable bonds is 3. The van der Waals surface area contributed by atoms with E-state index in [0.29, 0.717) is 22.0 Å². The summed E-state index contributed by atoms with van der Waals surface area (Å²) in [5, 5.41) is 0.472. The SMILES string of the molecule is COc1ccc(-c2ccc(C(N)=S)c(=O)[nH]2)cc1Cl. The van der Waals surface area contributed by atoms with Crippen molar-refractivity contribution in [3.63, 3.8) is 0 Å². The first kappa shape index (κ1) is 13.6. The molecular weight excluding hydrogens is 284 g/mol. The van der Waals surface area contributed by atoms with Gasteiger partial charge in [-0.15, -0.1) is 0 Å². The first-order valence-electron chi connectivity index (χ1n) is 5.40. The third-order valence-corrected chi connectivity index (χ3v) is 3.15. The zero-order valence-electron chi connectivity index (χ0n) is 10.1. The number of aromatic nitrogens is 1. The summed E-state index contributed by atoms with van der Waals surface area (Å²) in [4.78, 5) is 14.6. The van der Waals surface area contributed by atoms with Gasteiger partial charge in [0.2, 0.25) is 0 Å². The van der Waals surface area contributed by atoms with Crippen molar-refractivity contribution in [1.29, 1.82) is 0 Å². The Morgan fingerprint density at radius 3 is 2.63 bits per heavy atom. The molecule has 0 radical (unpaired) electrons. The third-order valence-electron chi connectivity index (χ3n) is 2.64. The van der Waals surface area contributed by atoms with Gasteiger partial charge >= 0.3 is 0 Å². The number of halogens is 1. The van der Waals surface area contributed by atoms with Gasteiger partial charge in [-0.2, -0.15) is 0 Å². The summed E-state index contributed by atoms with van der Waals surface area (Å²) < 4.78 is 5.07. The first-order chi connectivity index (χ1) is 9.02. The largest absolute Gasteiger partial charge is 0.495 e. The molecule has 0 unspecified atom stereocenters. The summed E-state index contributed by atoms with van der Waals surface area (Å²) in [6.45, 7) is 0. The summed E-state index contributed by atoms with van der Waals surface area (Å²) in [6, 6.07) is 8.57. The maximum atomic E-state index is 11.8. The van der Waals surface area contributed by atoms with Crippen molar-refractivity contribution < 1.29 is 4.74 Å². The zero-order valence-corrected chi connectivity index (χ0v) is 11.6. The normalized spacial score (nSPS) is 10.2. The van der Waals surface area contributed by atoms with Crippen LogP contribution in [0.2, 0.25) is 5.02 Å². The monoisotopic (exact) mass is 294 g/mol. The quantitative estimate of drug-likeness (QED) is 0.853. The van der Waals surface area contributed by atoms with Crippen molar-refractivity contribution in [3.05, 3.63) is 51.3 Å². The highest BCUT2D eigenvalue weighted by atomic mass is 35.5. The van der Waals surface area contributed by atoms with Crippen molar-refractivity contribution in [3.8, 4) is 17.0 Å². The van der Waals surface area contributed by atoms with Crippen molar-refractivity contribution in [2.24, 2.45) is 5.73 Å². The molecule has 0 saturated carbocycles. The lowest BCUT2D eigenvalue weighted by Crippen LogP contribution is -2.22. The smallest absolute Gasteiger partial charge is 0.258 e. The van der Waals surface area contributed by atoms with Gasteiger partial charge in [-0.3, -0.25) is 4.79 Å². The van der Waals surface area contributed by atoms with Gasteiger partial charge in [0.05, 0.1) is 17.7 Å². The molecule has 0 aliphatic heterocycles. The average molecular weight is 295 g/mol. The number of hydrogen-bond acceptors (Lipinski definition) is 3. The Morgan fingerprint density at radius 1 is 1.37 bits per heavy atom. The third kappa shape index (κ3) is 2.77. The van der Waals surface area contributed by atoms with Crippen LogP contribution in [-0.2, 0) is 0 Å². The van der Waals surface area contributed by atoms with Crippen LogP contribution in [0.3, 0.4) is 0 Å². The number of methoxy groups -OCH3 is 1. The van der Waals surface area contributed by atoms with Crippen LogP contribution >= 0.6 is 23.8 Å². The lowest BCUT2D eigenvalue weighted by molar-refractivity contribution is 0.415. The molecule has 4 nitrogen and oxygen atoms in total. The average Bonchev–Trinajstić information content (AvgIpc) is 2.38. The van der Waals surface area contributed by atoms with Crippen molar-refractivity contribution in [2.45, 2.75) is 0 Å². The molecule has 0 fully saturated rings. The Kier molecular flexibility index (Phi) is 3.87. The Hall–Kier alpha value is -1.85. The van der Waals surface area contributed by atoms with Crippen LogP contribution in [0.25, 0.3) is 11.3 Å². The highest BCUT2D eigenvalue weighted by molar-refractivity contribution is 7.80. The first-order valence-corrected chi connectivity index (χ1v) is 6.18. The molecule has 0 aliphatic carbocycles. The zero-order chi connectivity index (χ0) is 14.0. The Balaban J connectivity index is 2.48. The molecule has 98 valence electrons. The summed E-state index contributed by atoms with van der Waals surface area (Å²) in [6.07, 6.45) is 0. The standard InChI is InChI=1S/C13H11ClN2O2S/c1-18-11-5-2-7(6-9(11)14)10-4-3-8(12(15)19)13(17)16-10/h2-6H,1H3,(H2,15,19)(H,16,17). The van der Waals surface area contributed by atoms with Crippen molar-refractivity contribution >= 4 is 28.8 Å². The number of H-pyrrole nitrogens is 1. The maximum absolute atomic E-state index is 11.8. The number of aromatic amines is 1. The number of nitrogens with two attached hydrogens (primary N) is 1. The molecule has 0 saturated heterocycles. The van der Waals surface area contributed by atoms with Gasteiger partial charge in [0, 0.05) is 5.69 Å². The fourth-order valence-electron chi connectivity index (χ4n) is 1.67. The molecule has 1 heterocycles. The van der Waals surface area contributed by atoms with Crippen LogP contribution in [0, 0.1) is 0 Å². The molecule has 1 aromatic carbocycles. The fraction of sp³-hybridized carbons (Fsp3) is 0.0769. The van der Waals surface area contributed by atoms with Crippen LogP contribution in [0.5, 0.6) is 5.75 Å². The van der Waals surface area contributed by atoms with Crippen LogP contribution in [0.1, 0.15) is 5.56 Å². The van der Waals surface area contributed by atoms with Gasteiger partial charge in [0.15, 0.2) is 0 Å². The molecule has 3 N–H and O–H groups in total. The van der Waals surface area contributed by atoms with Gasteiger partial charge in [0.25, 0.3) is 5.56 Å². The van der Waals surface area contributed by atoms with E-state index in [2.05, 4.69) is 4.98 Å². The van der Waals surface area contributed by atoms with Gasteiger partial charge in [-0.05, 0) is 35.9 Å². The van der Waals surface area contributed by atoms with Crippen LogP contribution < -0.4 is 16.0 Å². The van der Waals surface area contributed by atoms with Gasteiger partial charge in [-0.1, -0.05) is 23.8 Å². The molecule has 2 aromatic rings. The predicted molar refractivity (Wildman–Crippen MR) is 79.9 cm³/mol. The minimum absolute atomic E-state index is 0.0700. The second kappa shape index (κ2) is 5.42. The summed E-state index contributed by atoms with van der Waals surface area (Å²) in [5.41, 5.74) is 6.82. The Bertz CT molecular complexity index is 697. The second-order valence-corrected chi connectivity index (χ2v) is 4.68. The maximum Gasteiger partial charge on any atom is 0.258 e. The summed E-state index contributed by atoms with van der Waals surface area (Å²) >= 11 is 10.8. The van der Waals surface area contributed by atoms with Gasteiger partial charge in [-0.25, -0.2) is 0 Å². The number of benzene rings is 1. The Labute approximate surface area is 120 Å². The predicted octanol–water partition coefficient (Wildman–Crippen LogP) is 2.34.